The number of carbonyl (C=O) groups excluding carboxylic acids is 2. The molecule has 2 heterocycles. The molecule has 6 heteroatoms. The van der Waals surface area contributed by atoms with Crippen molar-refractivity contribution in [3.05, 3.63) is 30.0 Å². The van der Waals surface area contributed by atoms with Gasteiger partial charge in [0.2, 0.25) is 11.8 Å². The van der Waals surface area contributed by atoms with Crippen molar-refractivity contribution in [2.45, 2.75) is 25.8 Å². The first-order valence-electron chi connectivity index (χ1n) is 6.92. The molecule has 2 amide bonds. The normalized spacial score (nSPS) is 17.8. The van der Waals surface area contributed by atoms with Crippen LogP contribution >= 0.6 is 0 Å². The van der Waals surface area contributed by atoms with Gasteiger partial charge < -0.3 is 14.7 Å². The number of hydrogen-bond acceptors (Lipinski definition) is 4. The second-order valence-electron chi connectivity index (χ2n) is 5.66. The van der Waals surface area contributed by atoms with E-state index in [1.165, 1.54) is 0 Å². The van der Waals surface area contributed by atoms with E-state index < -0.39 is 5.54 Å². The summed E-state index contributed by atoms with van der Waals surface area (Å²) >= 11 is 0. The van der Waals surface area contributed by atoms with Crippen molar-refractivity contribution in [2.75, 3.05) is 13.1 Å². The van der Waals surface area contributed by atoms with Gasteiger partial charge in [-0.1, -0.05) is 17.3 Å². The first kappa shape index (κ1) is 13.6. The Morgan fingerprint density at radius 3 is 3.00 bits per heavy atom. The average Bonchev–Trinajstić information content (AvgIpc) is 2.85. The number of hydrogen-bond donors (Lipinski definition) is 1. The van der Waals surface area contributed by atoms with Gasteiger partial charge in [0.15, 0.2) is 5.58 Å². The van der Waals surface area contributed by atoms with Crippen LogP contribution in [0.4, 0.5) is 0 Å². The van der Waals surface area contributed by atoms with E-state index >= 15 is 0 Å². The van der Waals surface area contributed by atoms with Crippen LogP contribution in [0.3, 0.4) is 0 Å². The number of para-hydroxylation sites is 1. The van der Waals surface area contributed by atoms with Crippen LogP contribution in [-0.4, -0.2) is 40.5 Å². The molecule has 6 nitrogen and oxygen atoms in total. The van der Waals surface area contributed by atoms with Gasteiger partial charge in [-0.3, -0.25) is 9.59 Å². The summed E-state index contributed by atoms with van der Waals surface area (Å²) in [5.74, 6) is -0.249. The van der Waals surface area contributed by atoms with Crippen molar-refractivity contribution < 1.29 is 14.1 Å². The monoisotopic (exact) mass is 287 g/mol. The Bertz CT molecular complexity index is 705. The first-order chi connectivity index (χ1) is 10.00. The van der Waals surface area contributed by atoms with E-state index in [4.69, 9.17) is 4.52 Å². The summed E-state index contributed by atoms with van der Waals surface area (Å²) in [5.41, 5.74) is 0.433. The maximum atomic E-state index is 12.5. The third-order valence-corrected chi connectivity index (χ3v) is 3.92. The largest absolute Gasteiger partial charge is 0.356 e. The molecule has 0 bridgehead atoms. The Morgan fingerprint density at radius 2 is 2.19 bits per heavy atom. The molecule has 0 aliphatic carbocycles. The summed E-state index contributed by atoms with van der Waals surface area (Å²) in [6, 6.07) is 7.43. The lowest BCUT2D eigenvalue weighted by molar-refractivity contribution is -0.148. The number of benzene rings is 1. The van der Waals surface area contributed by atoms with Gasteiger partial charge in [0.05, 0.1) is 6.42 Å². The minimum atomic E-state index is -0.838. The topological polar surface area (TPSA) is 75.4 Å². The molecule has 1 fully saturated rings. The minimum absolute atomic E-state index is 0.117. The smallest absolute Gasteiger partial charge is 0.245 e. The summed E-state index contributed by atoms with van der Waals surface area (Å²) in [7, 11) is 0. The van der Waals surface area contributed by atoms with Crippen LogP contribution in [0, 0.1) is 0 Å². The molecule has 0 unspecified atom stereocenters. The molecule has 21 heavy (non-hydrogen) atoms. The van der Waals surface area contributed by atoms with Gasteiger partial charge >= 0.3 is 0 Å². The number of amides is 2. The lowest BCUT2D eigenvalue weighted by atomic mass is 9.98. The van der Waals surface area contributed by atoms with Crippen molar-refractivity contribution in [1.82, 2.24) is 15.4 Å². The fourth-order valence-electron chi connectivity index (χ4n) is 2.64. The number of nitrogens with one attached hydrogen (secondary N) is 1. The fourth-order valence-corrected chi connectivity index (χ4v) is 2.64. The number of nitrogens with zero attached hydrogens (tertiary/aromatic N) is 2. The van der Waals surface area contributed by atoms with Crippen molar-refractivity contribution in [3.8, 4) is 0 Å². The van der Waals surface area contributed by atoms with Crippen LogP contribution in [0.25, 0.3) is 11.0 Å². The third-order valence-electron chi connectivity index (χ3n) is 3.92. The van der Waals surface area contributed by atoms with Crippen molar-refractivity contribution >= 4 is 22.8 Å². The molecule has 0 atom stereocenters. The molecule has 110 valence electrons. The second kappa shape index (κ2) is 4.87. The molecule has 0 spiro atoms. The van der Waals surface area contributed by atoms with Crippen molar-refractivity contribution in [1.29, 1.82) is 0 Å². The van der Waals surface area contributed by atoms with Gasteiger partial charge in [-0.2, -0.15) is 0 Å². The van der Waals surface area contributed by atoms with Crippen LogP contribution in [0.15, 0.2) is 28.8 Å². The SMILES string of the molecule is CC1(C)C(=O)NCCN1C(=O)Cc1noc2ccccc12. The number of aromatic nitrogens is 1. The van der Waals surface area contributed by atoms with Crippen LogP contribution in [0.1, 0.15) is 19.5 Å². The van der Waals surface area contributed by atoms with E-state index in [1.807, 2.05) is 24.3 Å². The van der Waals surface area contributed by atoms with E-state index in [2.05, 4.69) is 10.5 Å². The number of rotatable bonds is 2. The minimum Gasteiger partial charge on any atom is -0.356 e. The maximum absolute atomic E-state index is 12.5. The van der Waals surface area contributed by atoms with Gasteiger partial charge in [-0.05, 0) is 26.0 Å². The van der Waals surface area contributed by atoms with E-state index in [-0.39, 0.29) is 18.2 Å². The molecule has 0 saturated carbocycles. The van der Waals surface area contributed by atoms with Gasteiger partial charge in [0, 0.05) is 18.5 Å². The number of fused-ring (bicyclic) bond motifs is 1. The van der Waals surface area contributed by atoms with E-state index in [0.29, 0.717) is 24.4 Å². The Balaban J connectivity index is 1.84. The second-order valence-corrected chi connectivity index (χ2v) is 5.66. The number of piperazine rings is 1. The predicted octanol–water partition coefficient (Wildman–Crippen LogP) is 1.11. The molecule has 1 aromatic heterocycles. The van der Waals surface area contributed by atoms with Gasteiger partial charge in [0.25, 0.3) is 0 Å². The molecular formula is C15H17N3O3. The molecular weight excluding hydrogens is 270 g/mol. The van der Waals surface area contributed by atoms with Crippen LogP contribution in [-0.2, 0) is 16.0 Å². The highest BCUT2D eigenvalue weighted by Crippen LogP contribution is 2.22. The van der Waals surface area contributed by atoms with Crippen LogP contribution in [0.2, 0.25) is 0 Å². The summed E-state index contributed by atoms with van der Waals surface area (Å²) in [6.07, 6.45) is 0.133. The molecule has 1 aliphatic rings. The van der Waals surface area contributed by atoms with E-state index in [9.17, 15) is 9.59 Å². The molecule has 1 N–H and O–H groups in total. The van der Waals surface area contributed by atoms with Crippen LogP contribution < -0.4 is 5.32 Å². The molecule has 1 aliphatic heterocycles. The molecule has 3 rings (SSSR count). The highest BCUT2D eigenvalue weighted by molar-refractivity contribution is 5.93. The quantitative estimate of drug-likeness (QED) is 0.897. The van der Waals surface area contributed by atoms with Crippen LogP contribution in [0.5, 0.6) is 0 Å². The van der Waals surface area contributed by atoms with Gasteiger partial charge in [-0.25, -0.2) is 0 Å². The highest BCUT2D eigenvalue weighted by atomic mass is 16.5. The van der Waals surface area contributed by atoms with Gasteiger partial charge in [0.1, 0.15) is 11.2 Å². The molecule has 1 aromatic carbocycles. The zero-order valence-corrected chi connectivity index (χ0v) is 12.0. The zero-order valence-electron chi connectivity index (χ0n) is 12.0. The van der Waals surface area contributed by atoms with Gasteiger partial charge in [-0.15, -0.1) is 0 Å². The van der Waals surface area contributed by atoms with Crippen molar-refractivity contribution in [2.24, 2.45) is 0 Å². The van der Waals surface area contributed by atoms with Crippen molar-refractivity contribution in [3.63, 3.8) is 0 Å². The first-order valence-corrected chi connectivity index (χ1v) is 6.92. The molecule has 0 radical (unpaired) electrons. The Morgan fingerprint density at radius 1 is 1.43 bits per heavy atom. The maximum Gasteiger partial charge on any atom is 0.245 e. The zero-order chi connectivity index (χ0) is 15.0. The summed E-state index contributed by atoms with van der Waals surface area (Å²) in [6.45, 7) is 4.49. The Hall–Kier alpha value is -2.37. The summed E-state index contributed by atoms with van der Waals surface area (Å²) in [5, 5.41) is 7.59. The van der Waals surface area contributed by atoms with E-state index in [0.717, 1.165) is 5.39 Å². The molecule has 1 saturated heterocycles. The van der Waals surface area contributed by atoms with E-state index in [1.54, 1.807) is 18.7 Å². The molecule has 2 aromatic rings. The average molecular weight is 287 g/mol. The fraction of sp³-hybridized carbons (Fsp3) is 0.400. The standard InChI is InChI=1S/C15H17N3O3/c1-15(2)14(20)16-7-8-18(15)13(19)9-11-10-5-3-4-6-12(10)21-17-11/h3-6H,7-9H2,1-2H3,(H,16,20). The third kappa shape index (κ3) is 2.26. The Labute approximate surface area is 122 Å². The summed E-state index contributed by atoms with van der Waals surface area (Å²) in [4.78, 5) is 26.0. The predicted molar refractivity (Wildman–Crippen MR) is 76.5 cm³/mol. The summed E-state index contributed by atoms with van der Waals surface area (Å²) < 4.78 is 5.21. The lowest BCUT2D eigenvalue weighted by Gasteiger charge is -2.41. The Kier molecular flexibility index (Phi) is 3.16. The number of carbonyl (C=O) groups is 2. The lowest BCUT2D eigenvalue weighted by Crippen LogP contribution is -2.63. The highest BCUT2D eigenvalue weighted by Gasteiger charge is 2.40.